The molecule has 0 saturated heterocycles. The van der Waals surface area contributed by atoms with Gasteiger partial charge in [0.05, 0.1) is 11.6 Å². The molecular formula is C17H12BrN3. The molecule has 0 saturated carbocycles. The molecular weight excluding hydrogens is 326 g/mol. The molecule has 0 bridgehead atoms. The average Bonchev–Trinajstić information content (AvgIpc) is 2.92. The summed E-state index contributed by atoms with van der Waals surface area (Å²) in [7, 11) is 0. The van der Waals surface area contributed by atoms with E-state index < -0.39 is 0 Å². The lowest BCUT2D eigenvalue weighted by Gasteiger charge is -2.09. The number of anilines is 1. The zero-order valence-corrected chi connectivity index (χ0v) is 12.7. The van der Waals surface area contributed by atoms with Crippen LogP contribution in [0.5, 0.6) is 0 Å². The number of hydrogen-bond acceptors (Lipinski definition) is 2. The summed E-state index contributed by atoms with van der Waals surface area (Å²) in [5, 5.41) is 13.3. The Morgan fingerprint density at radius 3 is 2.81 bits per heavy atom. The molecule has 0 spiro atoms. The molecule has 0 fully saturated rings. The molecule has 0 aliphatic carbocycles. The van der Waals surface area contributed by atoms with Crippen LogP contribution in [0, 0.1) is 11.3 Å². The fourth-order valence-electron chi connectivity index (χ4n) is 2.39. The Morgan fingerprint density at radius 1 is 1.19 bits per heavy atom. The highest BCUT2D eigenvalue weighted by atomic mass is 79.9. The topological polar surface area (TPSA) is 51.6 Å². The third-order valence-electron chi connectivity index (χ3n) is 3.34. The van der Waals surface area contributed by atoms with Crippen LogP contribution in [-0.2, 0) is 0 Å². The van der Waals surface area contributed by atoms with Crippen LogP contribution >= 0.6 is 15.9 Å². The van der Waals surface area contributed by atoms with E-state index in [4.69, 9.17) is 5.26 Å². The normalized spacial score (nSPS) is 10.3. The Morgan fingerprint density at radius 2 is 2.05 bits per heavy atom. The number of fused-ring (bicyclic) bond motifs is 1. The number of nitrogens with zero attached hydrogens (tertiary/aromatic N) is 1. The van der Waals surface area contributed by atoms with Gasteiger partial charge in [-0.15, -0.1) is 0 Å². The minimum absolute atomic E-state index is 0.650. The highest BCUT2D eigenvalue weighted by molar-refractivity contribution is 9.10. The molecule has 0 aliphatic rings. The van der Waals surface area contributed by atoms with Crippen molar-refractivity contribution in [3.8, 4) is 17.2 Å². The molecule has 1 heterocycles. The molecule has 0 unspecified atom stereocenters. The first-order valence-electron chi connectivity index (χ1n) is 6.41. The molecule has 3 nitrogen and oxygen atoms in total. The number of aromatic nitrogens is 1. The Kier molecular flexibility index (Phi) is 3.51. The Labute approximate surface area is 131 Å². The number of hydrogen-bond donors (Lipinski definition) is 2. The second kappa shape index (κ2) is 5.47. The lowest BCUT2D eigenvalue weighted by molar-refractivity contribution is 1.46. The zero-order chi connectivity index (χ0) is 14.8. The Balaban J connectivity index is 2.27. The fourth-order valence-corrected chi connectivity index (χ4v) is 2.75. The lowest BCUT2D eigenvalue weighted by atomic mass is 10.0. The summed E-state index contributed by atoms with van der Waals surface area (Å²) < 4.78 is 0.998. The molecule has 2 aromatic carbocycles. The quantitative estimate of drug-likeness (QED) is 0.704. The predicted octanol–water partition coefficient (Wildman–Crippen LogP) is 5.02. The van der Waals surface area contributed by atoms with Gasteiger partial charge in [-0.2, -0.15) is 5.26 Å². The van der Waals surface area contributed by atoms with E-state index in [1.807, 2.05) is 42.6 Å². The maximum Gasteiger partial charge on any atom is 0.0991 e. The van der Waals surface area contributed by atoms with E-state index in [-0.39, 0.29) is 0 Å². The van der Waals surface area contributed by atoms with Gasteiger partial charge in [0.2, 0.25) is 0 Å². The van der Waals surface area contributed by atoms with E-state index >= 15 is 0 Å². The third kappa shape index (κ3) is 2.44. The van der Waals surface area contributed by atoms with Gasteiger partial charge in [-0.3, -0.25) is 0 Å². The van der Waals surface area contributed by atoms with Crippen LogP contribution < -0.4 is 5.32 Å². The number of H-pyrrole nitrogens is 1. The summed E-state index contributed by atoms with van der Waals surface area (Å²) in [5.74, 6) is 0. The summed E-state index contributed by atoms with van der Waals surface area (Å²) in [6.45, 7) is 3.72. The third-order valence-corrected chi connectivity index (χ3v) is 3.83. The van der Waals surface area contributed by atoms with Crippen molar-refractivity contribution < 1.29 is 0 Å². The summed E-state index contributed by atoms with van der Waals surface area (Å²) in [5.41, 5.74) is 4.72. The maximum absolute atomic E-state index is 9.09. The summed E-state index contributed by atoms with van der Waals surface area (Å²) >= 11 is 3.51. The highest BCUT2D eigenvalue weighted by Crippen LogP contribution is 2.36. The van der Waals surface area contributed by atoms with Gasteiger partial charge >= 0.3 is 0 Å². The largest absolute Gasteiger partial charge is 0.362 e. The van der Waals surface area contributed by atoms with Crippen LogP contribution in [0.4, 0.5) is 5.69 Å². The van der Waals surface area contributed by atoms with Crippen LogP contribution in [0.25, 0.3) is 22.0 Å². The van der Waals surface area contributed by atoms with Crippen LogP contribution in [0.2, 0.25) is 0 Å². The number of nitrogens with one attached hydrogen (secondary N) is 2. The number of benzene rings is 2. The molecule has 0 radical (unpaired) electrons. The van der Waals surface area contributed by atoms with Crippen molar-refractivity contribution in [1.82, 2.24) is 4.98 Å². The smallest absolute Gasteiger partial charge is 0.0991 e. The van der Waals surface area contributed by atoms with Gasteiger partial charge in [-0.05, 0) is 42.6 Å². The number of nitriles is 1. The van der Waals surface area contributed by atoms with Crippen LogP contribution in [-0.4, -0.2) is 4.98 Å². The number of halogens is 1. The zero-order valence-electron chi connectivity index (χ0n) is 11.2. The van der Waals surface area contributed by atoms with E-state index in [9.17, 15) is 0 Å². The van der Waals surface area contributed by atoms with E-state index in [1.54, 1.807) is 6.20 Å². The minimum Gasteiger partial charge on any atom is -0.362 e. The molecule has 3 rings (SSSR count). The SMILES string of the molecule is C=CNc1ccc(Br)cc1-c1c[nH]c2ccc(C#N)cc12. The van der Waals surface area contributed by atoms with Gasteiger partial charge in [0, 0.05) is 38.4 Å². The maximum atomic E-state index is 9.09. The van der Waals surface area contributed by atoms with Gasteiger partial charge in [-0.1, -0.05) is 22.5 Å². The van der Waals surface area contributed by atoms with Crippen LogP contribution in [0.15, 0.2) is 59.8 Å². The highest BCUT2D eigenvalue weighted by Gasteiger charge is 2.11. The van der Waals surface area contributed by atoms with Crippen LogP contribution in [0.1, 0.15) is 5.56 Å². The van der Waals surface area contributed by atoms with Gasteiger partial charge in [0.25, 0.3) is 0 Å². The first-order chi connectivity index (χ1) is 10.2. The molecule has 0 aliphatic heterocycles. The summed E-state index contributed by atoms with van der Waals surface area (Å²) in [4.78, 5) is 3.25. The summed E-state index contributed by atoms with van der Waals surface area (Å²) in [6.07, 6.45) is 3.62. The Hall–Kier alpha value is -2.51. The van der Waals surface area contributed by atoms with Crippen molar-refractivity contribution in [2.24, 2.45) is 0 Å². The molecule has 102 valence electrons. The van der Waals surface area contributed by atoms with Crippen LogP contribution in [0.3, 0.4) is 0 Å². The van der Waals surface area contributed by atoms with Crippen molar-refractivity contribution in [3.05, 3.63) is 65.4 Å². The van der Waals surface area contributed by atoms with Gasteiger partial charge in [-0.25, -0.2) is 0 Å². The van der Waals surface area contributed by atoms with Crippen molar-refractivity contribution in [1.29, 1.82) is 5.26 Å². The van der Waals surface area contributed by atoms with E-state index in [0.29, 0.717) is 5.56 Å². The van der Waals surface area contributed by atoms with Crippen molar-refractivity contribution in [3.63, 3.8) is 0 Å². The van der Waals surface area contributed by atoms with E-state index in [0.717, 1.165) is 32.2 Å². The average molecular weight is 338 g/mol. The first-order valence-corrected chi connectivity index (χ1v) is 7.21. The number of aromatic amines is 1. The van der Waals surface area contributed by atoms with E-state index in [2.05, 4.69) is 38.9 Å². The van der Waals surface area contributed by atoms with Gasteiger partial charge < -0.3 is 10.3 Å². The molecule has 21 heavy (non-hydrogen) atoms. The second-order valence-electron chi connectivity index (χ2n) is 4.61. The standard InChI is InChI=1S/C17H12BrN3/c1-2-20-16-6-4-12(18)8-14(16)15-10-21-17-5-3-11(9-19)7-13(15)17/h2-8,10,20-21H,1H2. The minimum atomic E-state index is 0.650. The van der Waals surface area contributed by atoms with E-state index in [1.165, 1.54) is 0 Å². The second-order valence-corrected chi connectivity index (χ2v) is 5.53. The summed E-state index contributed by atoms with van der Waals surface area (Å²) in [6, 6.07) is 13.8. The fraction of sp³-hybridized carbons (Fsp3) is 0. The molecule has 3 aromatic rings. The molecule has 4 heteroatoms. The van der Waals surface area contributed by atoms with Gasteiger partial charge in [0.15, 0.2) is 0 Å². The molecule has 1 aromatic heterocycles. The van der Waals surface area contributed by atoms with Crippen molar-refractivity contribution in [2.45, 2.75) is 0 Å². The Bertz CT molecular complexity index is 871. The first kappa shape index (κ1) is 13.5. The predicted molar refractivity (Wildman–Crippen MR) is 90.0 cm³/mol. The van der Waals surface area contributed by atoms with Gasteiger partial charge in [0.1, 0.15) is 0 Å². The number of rotatable bonds is 3. The molecule has 2 N–H and O–H groups in total. The van der Waals surface area contributed by atoms with Crippen molar-refractivity contribution >= 4 is 32.5 Å². The monoisotopic (exact) mass is 337 g/mol. The lowest BCUT2D eigenvalue weighted by Crippen LogP contribution is -1.90. The molecule has 0 atom stereocenters. The molecule has 0 amide bonds. The van der Waals surface area contributed by atoms with Crippen molar-refractivity contribution in [2.75, 3.05) is 5.32 Å².